The van der Waals surface area contributed by atoms with Crippen molar-refractivity contribution < 1.29 is 56.9 Å². The van der Waals surface area contributed by atoms with E-state index in [9.17, 15) is 0 Å². The van der Waals surface area contributed by atoms with E-state index in [0.717, 1.165) is 4.48 Å². The van der Waals surface area contributed by atoms with Gasteiger partial charge in [0.15, 0.2) is 0 Å². The number of nitrogens with zero attached hydrogens (tertiary/aromatic N) is 2. The molecule has 0 rings (SSSR count). The molecule has 0 unspecified atom stereocenters. The van der Waals surface area contributed by atoms with Gasteiger partial charge in [0.2, 0.25) is 0 Å². The largest absolute Gasteiger partial charge is 1.00 e. The molecule has 0 aromatic carbocycles. The van der Waals surface area contributed by atoms with Crippen molar-refractivity contribution >= 4 is 0 Å². The molecule has 0 aromatic heterocycles. The fourth-order valence-corrected chi connectivity index (χ4v) is 0.671. The maximum Gasteiger partial charge on any atom is 0.0755 e. The van der Waals surface area contributed by atoms with E-state index in [0.29, 0.717) is 0 Å². The number of halogens is 2. The van der Waals surface area contributed by atoms with Crippen molar-refractivity contribution in [1.29, 1.82) is 0 Å². The fraction of sp³-hybridized carbons (Fsp3) is 1.00. The molecule has 2 nitrogen and oxygen atoms in total. The highest BCUT2D eigenvalue weighted by Gasteiger charge is 2.10. The van der Waals surface area contributed by atoms with Crippen LogP contribution >= 0.6 is 0 Å². The molecular weight excluding hydrogens is 414 g/mol. The van der Waals surface area contributed by atoms with Crippen LogP contribution in [0.2, 0.25) is 0 Å². The lowest BCUT2D eigenvalue weighted by Crippen LogP contribution is -3.00. The lowest BCUT2D eigenvalue weighted by atomic mass is 10.4. The van der Waals surface area contributed by atoms with Crippen LogP contribution in [0.15, 0.2) is 0 Å². The highest BCUT2D eigenvalue weighted by atomic mass is 127. The Morgan fingerprint density at radius 1 is 0.600 bits per heavy atom. The van der Waals surface area contributed by atoms with Gasteiger partial charge in [-0.15, -0.1) is 0 Å². The van der Waals surface area contributed by atoms with Crippen LogP contribution in [0, 0.1) is 0 Å². The first-order chi connectivity index (χ1) is 5.68. The topological polar surface area (TPSA) is 0 Å². The molecule has 0 saturated carbocycles. The third kappa shape index (κ3) is 25.6. The van der Waals surface area contributed by atoms with E-state index in [1.807, 2.05) is 0 Å². The summed E-state index contributed by atoms with van der Waals surface area (Å²) in [5.41, 5.74) is 0. The summed E-state index contributed by atoms with van der Waals surface area (Å²) < 4.78 is 2.21. The van der Waals surface area contributed by atoms with Crippen molar-refractivity contribution in [3.63, 3.8) is 0 Å². The minimum atomic E-state index is 0. The standard InChI is InChI=1S/C7H18N.C4H12N.2HI/c1-5-8(4,6-2)7-3;1-5(2,3)4;;/h5-7H2,1-4H3;1-4H3;2*1H/q2*+1;;/p-2. The van der Waals surface area contributed by atoms with Gasteiger partial charge < -0.3 is 56.9 Å². The second-order valence-corrected chi connectivity index (χ2v) is 5.25. The average Bonchev–Trinajstić information content (AvgIpc) is 2.00. The molecule has 0 fully saturated rings. The molecule has 0 aliphatic heterocycles. The zero-order valence-electron chi connectivity index (χ0n) is 11.8. The Labute approximate surface area is 132 Å². The van der Waals surface area contributed by atoms with Gasteiger partial charge >= 0.3 is 0 Å². The van der Waals surface area contributed by atoms with Crippen LogP contribution < -0.4 is 48.0 Å². The molecule has 0 spiro atoms. The van der Waals surface area contributed by atoms with Crippen molar-refractivity contribution in [2.45, 2.75) is 20.8 Å². The third-order valence-electron chi connectivity index (χ3n) is 2.29. The Balaban J connectivity index is -0.0000000770. The van der Waals surface area contributed by atoms with Crippen molar-refractivity contribution in [3.05, 3.63) is 0 Å². The number of quaternary nitrogens is 2. The Bertz CT molecular complexity index is 104. The smallest absolute Gasteiger partial charge is 0.0755 e. The molecule has 0 radical (unpaired) electrons. The first-order valence-electron chi connectivity index (χ1n) is 5.31. The van der Waals surface area contributed by atoms with Crippen LogP contribution in [0.3, 0.4) is 0 Å². The predicted octanol–water partition coefficient (Wildman–Crippen LogP) is -4.18. The molecule has 0 aliphatic carbocycles. The summed E-state index contributed by atoms with van der Waals surface area (Å²) in [6, 6.07) is 0. The molecule has 0 bridgehead atoms. The monoisotopic (exact) mass is 444 g/mol. The van der Waals surface area contributed by atoms with E-state index in [2.05, 4.69) is 56.0 Å². The Kier molecular flexibility index (Phi) is 20.0. The normalized spacial score (nSPS) is 10.4. The SMILES string of the molecule is CC[N+](C)(CC)CC.C[N+](C)(C)C.[I-].[I-]. The van der Waals surface area contributed by atoms with E-state index in [1.54, 1.807) is 0 Å². The van der Waals surface area contributed by atoms with Crippen molar-refractivity contribution in [1.82, 2.24) is 0 Å². The van der Waals surface area contributed by atoms with E-state index in [4.69, 9.17) is 0 Å². The van der Waals surface area contributed by atoms with Gasteiger partial charge in [0.1, 0.15) is 0 Å². The summed E-state index contributed by atoms with van der Waals surface area (Å²) in [6.45, 7) is 10.5. The molecule has 0 aromatic rings. The summed E-state index contributed by atoms with van der Waals surface area (Å²) in [6.07, 6.45) is 0. The molecule has 4 heteroatoms. The molecule has 15 heavy (non-hydrogen) atoms. The van der Waals surface area contributed by atoms with E-state index in [1.165, 1.54) is 24.1 Å². The van der Waals surface area contributed by atoms with Gasteiger partial charge in [-0.1, -0.05) is 0 Å². The number of hydrogen-bond acceptors (Lipinski definition) is 0. The van der Waals surface area contributed by atoms with Crippen LogP contribution in [0.5, 0.6) is 0 Å². The third-order valence-corrected chi connectivity index (χ3v) is 2.29. The average molecular weight is 444 g/mol. The predicted molar refractivity (Wildman–Crippen MR) is 61.8 cm³/mol. The maximum atomic E-state index is 2.29. The Morgan fingerprint density at radius 2 is 0.733 bits per heavy atom. The van der Waals surface area contributed by atoms with Gasteiger partial charge in [-0.3, -0.25) is 0 Å². The summed E-state index contributed by atoms with van der Waals surface area (Å²) in [5.74, 6) is 0. The van der Waals surface area contributed by atoms with E-state index in [-0.39, 0.29) is 48.0 Å². The zero-order chi connectivity index (χ0) is 11.1. The van der Waals surface area contributed by atoms with Gasteiger partial charge in [-0.2, -0.15) is 0 Å². The van der Waals surface area contributed by atoms with Crippen LogP contribution in [-0.4, -0.2) is 63.8 Å². The van der Waals surface area contributed by atoms with Crippen LogP contribution in [0.4, 0.5) is 0 Å². The lowest BCUT2D eigenvalue weighted by Gasteiger charge is -2.30. The molecule has 0 atom stereocenters. The summed E-state index contributed by atoms with van der Waals surface area (Å²) >= 11 is 0. The number of rotatable bonds is 3. The molecule has 0 amide bonds. The molecule has 0 heterocycles. The molecule has 0 N–H and O–H groups in total. The first kappa shape index (κ1) is 25.3. The quantitative estimate of drug-likeness (QED) is 0.307. The minimum Gasteiger partial charge on any atom is -1.00 e. The van der Waals surface area contributed by atoms with E-state index >= 15 is 0 Å². The van der Waals surface area contributed by atoms with Gasteiger partial charge in [0, 0.05) is 0 Å². The highest BCUT2D eigenvalue weighted by Crippen LogP contribution is 1.97. The molecule has 98 valence electrons. The maximum absolute atomic E-state index is 2.29. The number of hydrogen-bond donors (Lipinski definition) is 0. The first-order valence-corrected chi connectivity index (χ1v) is 5.31. The molecule has 0 saturated heterocycles. The summed E-state index contributed by atoms with van der Waals surface area (Å²) in [7, 11) is 10.8. The van der Waals surface area contributed by atoms with E-state index < -0.39 is 0 Å². The highest BCUT2D eigenvalue weighted by molar-refractivity contribution is 4.24. The zero-order valence-corrected chi connectivity index (χ0v) is 16.1. The van der Waals surface area contributed by atoms with Gasteiger partial charge in [-0.05, 0) is 20.8 Å². The van der Waals surface area contributed by atoms with Crippen molar-refractivity contribution in [2.75, 3.05) is 54.9 Å². The second-order valence-electron chi connectivity index (χ2n) is 5.25. The fourth-order valence-electron chi connectivity index (χ4n) is 0.671. The lowest BCUT2D eigenvalue weighted by molar-refractivity contribution is -0.904. The van der Waals surface area contributed by atoms with Gasteiger partial charge in [-0.25, -0.2) is 0 Å². The van der Waals surface area contributed by atoms with Crippen molar-refractivity contribution in [2.24, 2.45) is 0 Å². The molecule has 0 aliphatic rings. The molecular formula is C11H30I2N2. The summed E-state index contributed by atoms with van der Waals surface area (Å²) in [5, 5.41) is 0. The Morgan fingerprint density at radius 3 is 0.733 bits per heavy atom. The van der Waals surface area contributed by atoms with Crippen LogP contribution in [0.1, 0.15) is 20.8 Å². The minimum absolute atomic E-state index is 0. The van der Waals surface area contributed by atoms with Crippen molar-refractivity contribution in [3.8, 4) is 0 Å². The van der Waals surface area contributed by atoms with Gasteiger partial charge in [0.05, 0.1) is 54.9 Å². The Hall–Kier alpha value is 1.38. The van der Waals surface area contributed by atoms with Crippen LogP contribution in [0.25, 0.3) is 0 Å². The van der Waals surface area contributed by atoms with Crippen LogP contribution in [-0.2, 0) is 0 Å². The summed E-state index contributed by atoms with van der Waals surface area (Å²) in [4.78, 5) is 0. The van der Waals surface area contributed by atoms with Gasteiger partial charge in [0.25, 0.3) is 0 Å². The second kappa shape index (κ2) is 11.9.